The highest BCUT2D eigenvalue weighted by atomic mass is 32.2. The van der Waals surface area contributed by atoms with Gasteiger partial charge in [-0.1, -0.05) is 12.8 Å². The lowest BCUT2D eigenvalue weighted by atomic mass is 10.3. The van der Waals surface area contributed by atoms with E-state index in [4.69, 9.17) is 11.2 Å². The van der Waals surface area contributed by atoms with Crippen LogP contribution in [0.15, 0.2) is 23.1 Å². The van der Waals surface area contributed by atoms with Gasteiger partial charge in [-0.05, 0) is 18.2 Å². The maximum absolute atomic E-state index is 12.1. The number of benzene rings is 1. The molecule has 1 N–H and O–H groups in total. The highest BCUT2D eigenvalue weighted by molar-refractivity contribution is 7.82. The molecule has 0 bridgehead atoms. The zero-order valence-corrected chi connectivity index (χ0v) is 11.7. The van der Waals surface area contributed by atoms with E-state index in [1.165, 1.54) is 0 Å². The molecule has 0 radical (unpaired) electrons. The largest absolute Gasteiger partial charge is 0.495 e. The molecule has 0 aliphatic heterocycles. The van der Waals surface area contributed by atoms with E-state index in [1.54, 1.807) is 17.5 Å². The number of terminal acetylenes is 1. The first-order valence-corrected chi connectivity index (χ1v) is 6.73. The van der Waals surface area contributed by atoms with Crippen LogP contribution in [0.4, 0.5) is 5.69 Å². The monoisotopic (exact) mass is 266 g/mol. The number of methoxy groups -OCH3 is 1. The van der Waals surface area contributed by atoms with Gasteiger partial charge in [0.2, 0.25) is 0 Å². The predicted molar refractivity (Wildman–Crippen MR) is 75.0 cm³/mol. The van der Waals surface area contributed by atoms with Gasteiger partial charge in [0, 0.05) is 13.6 Å². The Balaban J connectivity index is 2.98. The lowest BCUT2D eigenvalue weighted by Crippen LogP contribution is -2.20. The number of anilines is 1. The van der Waals surface area contributed by atoms with Crippen LogP contribution in [-0.4, -0.2) is 35.8 Å². The van der Waals surface area contributed by atoms with Crippen molar-refractivity contribution in [3.8, 4) is 18.1 Å². The van der Waals surface area contributed by atoms with Gasteiger partial charge in [0.25, 0.3) is 0 Å². The molecular weight excluding hydrogens is 248 g/mol. The molecular formula is C13H18N2O2S. The number of nitrogens with zero attached hydrogens (tertiary/aromatic N) is 1. The second kappa shape index (κ2) is 7.04. The van der Waals surface area contributed by atoms with Crippen molar-refractivity contribution in [1.82, 2.24) is 4.31 Å². The zero-order chi connectivity index (χ0) is 13.5. The molecule has 0 amide bonds. The first-order chi connectivity index (χ1) is 8.63. The van der Waals surface area contributed by atoms with Crippen LogP contribution in [0.5, 0.6) is 5.75 Å². The first-order valence-electron chi connectivity index (χ1n) is 5.62. The Bertz CT molecular complexity index is 469. The molecule has 1 aromatic rings. The molecule has 98 valence electrons. The molecule has 0 saturated heterocycles. The molecule has 18 heavy (non-hydrogen) atoms. The summed E-state index contributed by atoms with van der Waals surface area (Å²) in [5.41, 5.74) is 0.801. The molecule has 0 saturated carbocycles. The molecule has 0 aromatic heterocycles. The SMILES string of the molecule is C#CCNc1ccc(S(=O)N(C)CC)cc1OC. The van der Waals surface area contributed by atoms with Crippen LogP contribution in [0, 0.1) is 12.3 Å². The van der Waals surface area contributed by atoms with Crippen LogP contribution in [0.25, 0.3) is 0 Å². The van der Waals surface area contributed by atoms with Gasteiger partial charge in [0.05, 0.1) is 24.2 Å². The van der Waals surface area contributed by atoms with Crippen LogP contribution < -0.4 is 10.1 Å². The molecule has 1 atom stereocenters. The van der Waals surface area contributed by atoms with E-state index in [9.17, 15) is 4.21 Å². The molecule has 0 spiro atoms. The summed E-state index contributed by atoms with van der Waals surface area (Å²) in [6.45, 7) is 3.09. The standard InChI is InChI=1S/C13H18N2O2S/c1-5-9-14-12-8-7-11(10-13(12)17-4)18(16)15(3)6-2/h1,7-8,10,14H,6,9H2,2-4H3. The van der Waals surface area contributed by atoms with Crippen LogP contribution in [-0.2, 0) is 11.0 Å². The van der Waals surface area contributed by atoms with Crippen LogP contribution >= 0.6 is 0 Å². The number of hydrogen-bond acceptors (Lipinski definition) is 3. The maximum atomic E-state index is 12.1. The molecule has 0 heterocycles. The smallest absolute Gasteiger partial charge is 0.143 e. The average Bonchev–Trinajstić information content (AvgIpc) is 2.43. The van der Waals surface area contributed by atoms with Gasteiger partial charge in [-0.2, -0.15) is 0 Å². The minimum Gasteiger partial charge on any atom is -0.495 e. The summed E-state index contributed by atoms with van der Waals surface area (Å²) in [5.74, 6) is 3.14. The Morgan fingerprint density at radius 2 is 2.28 bits per heavy atom. The van der Waals surface area contributed by atoms with Crippen molar-refractivity contribution >= 4 is 16.7 Å². The van der Waals surface area contributed by atoms with Crippen molar-refractivity contribution in [3.63, 3.8) is 0 Å². The third kappa shape index (κ3) is 3.49. The summed E-state index contributed by atoms with van der Waals surface area (Å²) in [7, 11) is 2.22. The number of nitrogens with one attached hydrogen (secondary N) is 1. The van der Waals surface area contributed by atoms with E-state index in [-0.39, 0.29) is 0 Å². The minimum absolute atomic E-state index is 0.424. The lowest BCUT2D eigenvalue weighted by molar-refractivity contribution is 0.415. The van der Waals surface area contributed by atoms with E-state index in [1.807, 2.05) is 26.1 Å². The van der Waals surface area contributed by atoms with Gasteiger partial charge >= 0.3 is 0 Å². The van der Waals surface area contributed by atoms with E-state index in [0.717, 1.165) is 5.69 Å². The Hall–Kier alpha value is -1.51. The van der Waals surface area contributed by atoms with Gasteiger partial charge in [-0.15, -0.1) is 6.42 Å². The number of hydrogen-bond donors (Lipinski definition) is 1. The maximum Gasteiger partial charge on any atom is 0.143 e. The van der Waals surface area contributed by atoms with Crippen LogP contribution in [0.2, 0.25) is 0 Å². The quantitative estimate of drug-likeness (QED) is 0.797. The Morgan fingerprint density at radius 1 is 1.56 bits per heavy atom. The van der Waals surface area contributed by atoms with Crippen LogP contribution in [0.1, 0.15) is 6.92 Å². The van der Waals surface area contributed by atoms with Crippen LogP contribution in [0.3, 0.4) is 0 Å². The van der Waals surface area contributed by atoms with Gasteiger partial charge < -0.3 is 10.1 Å². The summed E-state index contributed by atoms with van der Waals surface area (Å²) in [6, 6.07) is 5.40. The normalized spacial score (nSPS) is 11.9. The fraction of sp³-hybridized carbons (Fsp3) is 0.385. The van der Waals surface area contributed by atoms with Crippen molar-refractivity contribution < 1.29 is 8.95 Å². The second-order valence-electron chi connectivity index (χ2n) is 3.61. The van der Waals surface area contributed by atoms with Crippen molar-refractivity contribution in [2.24, 2.45) is 0 Å². The molecule has 0 fully saturated rings. The average molecular weight is 266 g/mol. The van der Waals surface area contributed by atoms with E-state index in [2.05, 4.69) is 11.2 Å². The van der Waals surface area contributed by atoms with Gasteiger partial charge in [0.15, 0.2) is 0 Å². The summed E-state index contributed by atoms with van der Waals surface area (Å²) in [5, 5.41) is 3.05. The topological polar surface area (TPSA) is 41.6 Å². The Kier molecular flexibility index (Phi) is 5.69. The molecule has 4 nitrogen and oxygen atoms in total. The fourth-order valence-electron chi connectivity index (χ4n) is 1.37. The molecule has 1 aromatic carbocycles. The number of ether oxygens (including phenoxy) is 1. The lowest BCUT2D eigenvalue weighted by Gasteiger charge is -2.15. The molecule has 1 rings (SSSR count). The second-order valence-corrected chi connectivity index (χ2v) is 5.21. The third-order valence-electron chi connectivity index (χ3n) is 2.48. The number of rotatable bonds is 6. The Labute approximate surface area is 111 Å². The summed E-state index contributed by atoms with van der Waals surface area (Å²) >= 11 is 0. The molecule has 0 aliphatic rings. The van der Waals surface area contributed by atoms with Crippen molar-refractivity contribution in [1.29, 1.82) is 0 Å². The van der Waals surface area contributed by atoms with Gasteiger partial charge in [-0.25, -0.2) is 8.51 Å². The fourth-order valence-corrected chi connectivity index (χ4v) is 2.36. The van der Waals surface area contributed by atoms with E-state index >= 15 is 0 Å². The van der Waals surface area contributed by atoms with Gasteiger partial charge in [0.1, 0.15) is 16.7 Å². The highest BCUT2D eigenvalue weighted by Gasteiger charge is 2.11. The highest BCUT2D eigenvalue weighted by Crippen LogP contribution is 2.27. The third-order valence-corrected chi connectivity index (χ3v) is 3.97. The Morgan fingerprint density at radius 3 is 2.83 bits per heavy atom. The van der Waals surface area contributed by atoms with Crippen molar-refractivity contribution in [2.45, 2.75) is 11.8 Å². The van der Waals surface area contributed by atoms with E-state index < -0.39 is 11.0 Å². The first kappa shape index (κ1) is 14.6. The summed E-state index contributed by atoms with van der Waals surface area (Å²) < 4.78 is 19.1. The minimum atomic E-state index is -1.17. The van der Waals surface area contributed by atoms with Crippen molar-refractivity contribution in [3.05, 3.63) is 18.2 Å². The van der Waals surface area contributed by atoms with E-state index in [0.29, 0.717) is 23.7 Å². The van der Waals surface area contributed by atoms with Gasteiger partial charge in [-0.3, -0.25) is 0 Å². The zero-order valence-electron chi connectivity index (χ0n) is 10.9. The summed E-state index contributed by atoms with van der Waals surface area (Å²) in [4.78, 5) is 0.711. The molecule has 1 unspecified atom stereocenters. The van der Waals surface area contributed by atoms with Crippen molar-refractivity contribution in [2.75, 3.05) is 32.6 Å². The molecule has 0 aliphatic carbocycles. The summed E-state index contributed by atoms with van der Waals surface area (Å²) in [6.07, 6.45) is 5.20. The predicted octanol–water partition coefficient (Wildman–Crippen LogP) is 1.71. The molecule has 5 heteroatoms.